The lowest BCUT2D eigenvalue weighted by molar-refractivity contribution is 0.637. The Hall–Kier alpha value is -2.99. The van der Waals surface area contributed by atoms with Crippen molar-refractivity contribution in [3.8, 4) is 0 Å². The third-order valence-corrected chi connectivity index (χ3v) is 5.17. The molecule has 4 rings (SSSR count). The number of pyridine rings is 1. The van der Waals surface area contributed by atoms with Crippen LogP contribution >= 0.6 is 11.3 Å². The lowest BCUT2D eigenvalue weighted by Crippen LogP contribution is -2.40. The molecule has 0 spiro atoms. The number of rotatable bonds is 4. The van der Waals surface area contributed by atoms with Gasteiger partial charge in [0.2, 0.25) is 0 Å². The Labute approximate surface area is 153 Å². The maximum atomic E-state index is 13.1. The molecule has 0 amide bonds. The Morgan fingerprint density at radius 1 is 1.00 bits per heavy atom. The van der Waals surface area contributed by atoms with E-state index >= 15 is 0 Å². The summed E-state index contributed by atoms with van der Waals surface area (Å²) in [6.45, 7) is 2.67. The molecule has 0 bridgehead atoms. The molecule has 6 heteroatoms. The van der Waals surface area contributed by atoms with Crippen LogP contribution in [0.4, 0.5) is 0 Å². The van der Waals surface area contributed by atoms with Crippen LogP contribution in [0, 0.1) is 6.92 Å². The quantitative estimate of drug-likeness (QED) is 0.560. The van der Waals surface area contributed by atoms with Gasteiger partial charge in [-0.05, 0) is 36.1 Å². The van der Waals surface area contributed by atoms with Crippen molar-refractivity contribution in [3.05, 3.63) is 96.9 Å². The number of hydrogen-bond donors (Lipinski definition) is 0. The fourth-order valence-electron chi connectivity index (χ4n) is 3.09. The summed E-state index contributed by atoms with van der Waals surface area (Å²) in [4.78, 5) is 31.1. The van der Waals surface area contributed by atoms with Gasteiger partial charge in [-0.15, -0.1) is 11.3 Å². The molecule has 4 aromatic rings. The van der Waals surface area contributed by atoms with Gasteiger partial charge >= 0.3 is 5.69 Å². The topological polar surface area (TPSA) is 56.9 Å². The Morgan fingerprint density at radius 3 is 2.65 bits per heavy atom. The summed E-state index contributed by atoms with van der Waals surface area (Å²) >= 11 is 1.52. The molecule has 130 valence electrons. The van der Waals surface area contributed by atoms with Crippen molar-refractivity contribution in [2.24, 2.45) is 0 Å². The zero-order chi connectivity index (χ0) is 18.1. The first-order valence-corrected chi connectivity index (χ1v) is 9.18. The average Bonchev–Trinajstić information content (AvgIpc) is 3.16. The van der Waals surface area contributed by atoms with Gasteiger partial charge in [0.25, 0.3) is 5.56 Å². The molecule has 0 fully saturated rings. The maximum Gasteiger partial charge on any atom is 0.332 e. The van der Waals surface area contributed by atoms with Gasteiger partial charge in [0.1, 0.15) is 0 Å². The van der Waals surface area contributed by atoms with E-state index in [9.17, 15) is 9.59 Å². The second-order valence-electron chi connectivity index (χ2n) is 6.20. The highest BCUT2D eigenvalue weighted by Gasteiger charge is 2.15. The smallest absolute Gasteiger partial charge is 0.287 e. The van der Waals surface area contributed by atoms with Gasteiger partial charge in [0.15, 0.2) is 5.52 Å². The molecule has 3 aromatic heterocycles. The lowest BCUT2D eigenvalue weighted by atomic mass is 10.1. The van der Waals surface area contributed by atoms with Crippen molar-refractivity contribution in [2.45, 2.75) is 20.0 Å². The minimum atomic E-state index is -0.348. The van der Waals surface area contributed by atoms with Crippen LogP contribution < -0.4 is 11.2 Å². The van der Waals surface area contributed by atoms with E-state index in [2.05, 4.69) is 4.98 Å². The average molecular weight is 363 g/mol. The Morgan fingerprint density at radius 2 is 1.88 bits per heavy atom. The number of thiophene rings is 1. The molecule has 26 heavy (non-hydrogen) atoms. The number of benzene rings is 1. The van der Waals surface area contributed by atoms with E-state index in [-0.39, 0.29) is 17.8 Å². The van der Waals surface area contributed by atoms with Gasteiger partial charge in [-0.1, -0.05) is 35.9 Å². The summed E-state index contributed by atoms with van der Waals surface area (Å²) in [5.74, 6) is 0. The van der Waals surface area contributed by atoms with Crippen molar-refractivity contribution in [1.82, 2.24) is 14.1 Å². The highest BCUT2D eigenvalue weighted by Crippen LogP contribution is 2.12. The molecule has 1 aromatic carbocycles. The Balaban J connectivity index is 1.93. The molecular weight excluding hydrogens is 346 g/mol. The predicted octanol–water partition coefficient (Wildman–Crippen LogP) is 3.02. The van der Waals surface area contributed by atoms with Crippen LogP contribution in [0.3, 0.4) is 0 Å². The van der Waals surface area contributed by atoms with Crippen molar-refractivity contribution in [3.63, 3.8) is 0 Å². The van der Waals surface area contributed by atoms with Crippen LogP contribution in [-0.2, 0) is 13.1 Å². The third kappa shape index (κ3) is 2.99. The van der Waals surface area contributed by atoms with Crippen molar-refractivity contribution >= 4 is 22.4 Å². The van der Waals surface area contributed by atoms with Gasteiger partial charge in [0.05, 0.1) is 18.6 Å². The second-order valence-corrected chi connectivity index (χ2v) is 7.23. The number of hydrogen-bond acceptors (Lipinski definition) is 4. The van der Waals surface area contributed by atoms with Gasteiger partial charge in [-0.25, -0.2) is 9.78 Å². The molecule has 0 saturated heterocycles. The highest BCUT2D eigenvalue weighted by molar-refractivity contribution is 7.09. The highest BCUT2D eigenvalue weighted by atomic mass is 32.1. The molecule has 5 nitrogen and oxygen atoms in total. The summed E-state index contributed by atoms with van der Waals surface area (Å²) in [6.07, 6.45) is 1.58. The first-order chi connectivity index (χ1) is 12.6. The molecule has 0 atom stereocenters. The predicted molar refractivity (Wildman–Crippen MR) is 104 cm³/mol. The molecule has 0 aliphatic heterocycles. The van der Waals surface area contributed by atoms with Crippen LogP contribution in [0.25, 0.3) is 11.0 Å². The molecule has 0 aliphatic rings. The van der Waals surface area contributed by atoms with E-state index in [1.54, 1.807) is 22.9 Å². The van der Waals surface area contributed by atoms with Crippen LogP contribution in [0.2, 0.25) is 0 Å². The number of aromatic nitrogens is 3. The third-order valence-electron chi connectivity index (χ3n) is 4.30. The number of aryl methyl sites for hydroxylation is 1. The number of nitrogens with zero attached hydrogens (tertiary/aromatic N) is 3. The van der Waals surface area contributed by atoms with Crippen molar-refractivity contribution < 1.29 is 0 Å². The molecule has 0 aliphatic carbocycles. The van der Waals surface area contributed by atoms with Gasteiger partial charge in [0, 0.05) is 11.1 Å². The normalized spacial score (nSPS) is 11.1. The van der Waals surface area contributed by atoms with E-state index in [0.29, 0.717) is 17.6 Å². The molecular formula is C20H17N3O2S. The minimum absolute atomic E-state index is 0.260. The maximum absolute atomic E-state index is 13.1. The summed E-state index contributed by atoms with van der Waals surface area (Å²) in [5, 5.41) is 1.94. The molecule has 3 heterocycles. The Kier molecular flexibility index (Phi) is 4.26. The van der Waals surface area contributed by atoms with Gasteiger partial charge in [-0.3, -0.25) is 13.9 Å². The first kappa shape index (κ1) is 16.5. The van der Waals surface area contributed by atoms with E-state index in [1.165, 1.54) is 15.9 Å². The summed E-state index contributed by atoms with van der Waals surface area (Å²) in [6, 6.07) is 15.4. The van der Waals surface area contributed by atoms with Crippen LogP contribution in [0.5, 0.6) is 0 Å². The fourth-order valence-corrected chi connectivity index (χ4v) is 3.78. The zero-order valence-corrected chi connectivity index (χ0v) is 15.1. The van der Waals surface area contributed by atoms with Crippen LogP contribution in [0.15, 0.2) is 69.7 Å². The Bertz CT molecular complexity index is 1190. The van der Waals surface area contributed by atoms with Gasteiger partial charge < -0.3 is 0 Å². The molecule has 0 saturated carbocycles. The SMILES string of the molecule is Cc1cccc(Cn2c(=O)n(Cc3cccs3)c(=O)c3ncccc32)c1. The van der Waals surface area contributed by atoms with E-state index in [1.807, 2.05) is 48.7 Å². The van der Waals surface area contributed by atoms with E-state index in [4.69, 9.17) is 0 Å². The van der Waals surface area contributed by atoms with E-state index < -0.39 is 0 Å². The van der Waals surface area contributed by atoms with Gasteiger partial charge in [-0.2, -0.15) is 0 Å². The van der Waals surface area contributed by atoms with Crippen LogP contribution in [-0.4, -0.2) is 14.1 Å². The van der Waals surface area contributed by atoms with E-state index in [0.717, 1.165) is 16.0 Å². The largest absolute Gasteiger partial charge is 0.332 e. The summed E-state index contributed by atoms with van der Waals surface area (Å²) in [5.41, 5.74) is 2.36. The second kappa shape index (κ2) is 6.72. The molecule has 0 unspecified atom stereocenters. The molecule has 0 N–H and O–H groups in total. The standard InChI is InChI=1S/C20H17N3O2S/c1-14-5-2-6-15(11-14)12-22-17-8-3-9-21-18(17)19(24)23(20(22)25)13-16-7-4-10-26-16/h2-11H,12-13H2,1H3. The first-order valence-electron chi connectivity index (χ1n) is 8.30. The van der Waals surface area contributed by atoms with Crippen LogP contribution in [0.1, 0.15) is 16.0 Å². The number of fused-ring (bicyclic) bond motifs is 1. The molecule has 0 radical (unpaired) electrons. The van der Waals surface area contributed by atoms with Crippen molar-refractivity contribution in [2.75, 3.05) is 0 Å². The summed E-state index contributed by atoms with van der Waals surface area (Å²) in [7, 11) is 0. The monoisotopic (exact) mass is 363 g/mol. The lowest BCUT2D eigenvalue weighted by Gasteiger charge is -2.13. The van der Waals surface area contributed by atoms with Crippen molar-refractivity contribution in [1.29, 1.82) is 0 Å². The fraction of sp³-hybridized carbons (Fsp3) is 0.150. The zero-order valence-electron chi connectivity index (χ0n) is 14.3. The minimum Gasteiger partial charge on any atom is -0.287 e. The summed E-state index contributed by atoms with van der Waals surface area (Å²) < 4.78 is 2.91.